The molecule has 0 heterocycles. The molecule has 122 valence electrons. The van der Waals surface area contributed by atoms with Gasteiger partial charge in [-0.1, -0.05) is 11.6 Å². The lowest BCUT2D eigenvalue weighted by Crippen LogP contribution is -2.20. The second kappa shape index (κ2) is 8.08. The number of amides is 1. The molecule has 0 spiro atoms. The molecule has 5 nitrogen and oxygen atoms in total. The van der Waals surface area contributed by atoms with Gasteiger partial charge in [0, 0.05) is 17.2 Å². The molecule has 0 aliphatic heterocycles. The van der Waals surface area contributed by atoms with Gasteiger partial charge in [0.2, 0.25) is 0 Å². The summed E-state index contributed by atoms with van der Waals surface area (Å²) < 4.78 is 16.6. The van der Waals surface area contributed by atoms with Crippen LogP contribution >= 0.6 is 27.5 Å². The van der Waals surface area contributed by atoms with Crippen LogP contribution in [0.4, 0.5) is 5.69 Å². The van der Waals surface area contributed by atoms with E-state index in [2.05, 4.69) is 21.2 Å². The number of hydrogen-bond donors (Lipinski definition) is 1. The zero-order valence-electron chi connectivity index (χ0n) is 12.6. The predicted octanol–water partition coefficient (Wildman–Crippen LogP) is 4.14. The SMILES string of the molecule is COc1cc(NC(=O)COc2ccc(Cl)cc2)c(OC)cc1Br. The summed E-state index contributed by atoms with van der Waals surface area (Å²) in [6.45, 7) is -0.136. The van der Waals surface area contributed by atoms with Gasteiger partial charge >= 0.3 is 0 Å². The Bertz CT molecular complexity index is 691. The van der Waals surface area contributed by atoms with Crippen LogP contribution in [0.1, 0.15) is 0 Å². The number of carbonyl (C=O) groups excluding carboxylic acids is 1. The summed E-state index contributed by atoms with van der Waals surface area (Å²) >= 11 is 9.15. The second-order valence-electron chi connectivity index (χ2n) is 4.48. The molecule has 2 aromatic carbocycles. The molecule has 0 saturated carbocycles. The van der Waals surface area contributed by atoms with Crippen molar-refractivity contribution in [2.24, 2.45) is 0 Å². The topological polar surface area (TPSA) is 56.8 Å². The van der Waals surface area contributed by atoms with Crippen molar-refractivity contribution in [2.75, 3.05) is 26.1 Å². The Morgan fingerprint density at radius 2 is 1.78 bits per heavy atom. The van der Waals surface area contributed by atoms with Crippen molar-refractivity contribution < 1.29 is 19.0 Å². The molecule has 0 radical (unpaired) electrons. The fourth-order valence-corrected chi connectivity index (χ4v) is 2.43. The first-order chi connectivity index (χ1) is 11.0. The van der Waals surface area contributed by atoms with Crippen LogP contribution in [-0.4, -0.2) is 26.7 Å². The Kier molecular flexibility index (Phi) is 6.12. The fraction of sp³-hybridized carbons (Fsp3) is 0.188. The summed E-state index contributed by atoms with van der Waals surface area (Å²) in [5.74, 6) is 1.34. The maximum atomic E-state index is 12.0. The third-order valence-corrected chi connectivity index (χ3v) is 3.80. The van der Waals surface area contributed by atoms with Gasteiger partial charge in [0.15, 0.2) is 6.61 Å². The number of nitrogens with one attached hydrogen (secondary N) is 1. The van der Waals surface area contributed by atoms with Gasteiger partial charge in [-0.05, 0) is 40.2 Å². The Morgan fingerprint density at radius 1 is 1.13 bits per heavy atom. The van der Waals surface area contributed by atoms with Crippen molar-refractivity contribution >= 4 is 39.1 Å². The summed E-state index contributed by atoms with van der Waals surface area (Å²) in [5, 5.41) is 3.33. The maximum Gasteiger partial charge on any atom is 0.262 e. The highest BCUT2D eigenvalue weighted by Crippen LogP contribution is 2.36. The first-order valence-electron chi connectivity index (χ1n) is 6.63. The molecule has 2 rings (SSSR count). The van der Waals surface area contributed by atoms with E-state index in [1.165, 1.54) is 7.11 Å². The van der Waals surface area contributed by atoms with E-state index in [4.69, 9.17) is 25.8 Å². The third kappa shape index (κ3) is 4.77. The van der Waals surface area contributed by atoms with Crippen molar-refractivity contribution in [1.82, 2.24) is 0 Å². The molecule has 0 aliphatic rings. The van der Waals surface area contributed by atoms with E-state index in [-0.39, 0.29) is 12.5 Å². The second-order valence-corrected chi connectivity index (χ2v) is 5.77. The molecule has 0 saturated heterocycles. The van der Waals surface area contributed by atoms with E-state index < -0.39 is 0 Å². The van der Waals surface area contributed by atoms with Crippen LogP contribution in [-0.2, 0) is 4.79 Å². The number of methoxy groups -OCH3 is 2. The molecule has 0 aliphatic carbocycles. The van der Waals surface area contributed by atoms with Gasteiger partial charge in [-0.15, -0.1) is 0 Å². The van der Waals surface area contributed by atoms with E-state index in [0.29, 0.717) is 28.0 Å². The monoisotopic (exact) mass is 399 g/mol. The van der Waals surface area contributed by atoms with Crippen LogP contribution in [0.2, 0.25) is 5.02 Å². The molecule has 23 heavy (non-hydrogen) atoms. The third-order valence-electron chi connectivity index (χ3n) is 2.93. The molecule has 0 unspecified atom stereocenters. The number of benzene rings is 2. The lowest BCUT2D eigenvalue weighted by atomic mass is 10.2. The van der Waals surface area contributed by atoms with Gasteiger partial charge in [-0.3, -0.25) is 4.79 Å². The molecule has 1 amide bonds. The van der Waals surface area contributed by atoms with Crippen molar-refractivity contribution in [3.05, 3.63) is 45.9 Å². The normalized spacial score (nSPS) is 10.1. The fourth-order valence-electron chi connectivity index (χ4n) is 1.82. The molecule has 1 N–H and O–H groups in total. The lowest BCUT2D eigenvalue weighted by molar-refractivity contribution is -0.118. The quantitative estimate of drug-likeness (QED) is 0.792. The number of rotatable bonds is 6. The van der Waals surface area contributed by atoms with Crippen LogP contribution in [0.5, 0.6) is 17.2 Å². The lowest BCUT2D eigenvalue weighted by Gasteiger charge is -2.13. The van der Waals surface area contributed by atoms with Crippen LogP contribution < -0.4 is 19.5 Å². The highest BCUT2D eigenvalue weighted by Gasteiger charge is 2.12. The minimum absolute atomic E-state index is 0.136. The van der Waals surface area contributed by atoms with Crippen molar-refractivity contribution in [3.63, 3.8) is 0 Å². The molecule has 0 fully saturated rings. The summed E-state index contributed by atoms with van der Waals surface area (Å²) in [5.41, 5.74) is 0.497. The first-order valence-corrected chi connectivity index (χ1v) is 7.80. The van der Waals surface area contributed by atoms with Gasteiger partial charge in [0.1, 0.15) is 17.2 Å². The standard InChI is InChI=1S/C16H15BrClNO4/c1-21-14-8-13(15(22-2)7-12(14)17)19-16(20)9-23-11-5-3-10(18)4-6-11/h3-8H,9H2,1-2H3,(H,19,20). The Labute approximate surface area is 147 Å². The van der Waals surface area contributed by atoms with E-state index in [0.717, 1.165) is 4.47 Å². The van der Waals surface area contributed by atoms with Crippen LogP contribution in [0.25, 0.3) is 0 Å². The summed E-state index contributed by atoms with van der Waals surface area (Å²) in [7, 11) is 3.07. The molecule has 0 aromatic heterocycles. The van der Waals surface area contributed by atoms with E-state index in [1.54, 1.807) is 43.5 Å². The largest absolute Gasteiger partial charge is 0.495 e. The number of ether oxygens (including phenoxy) is 3. The highest BCUT2D eigenvalue weighted by molar-refractivity contribution is 9.10. The number of hydrogen-bond acceptors (Lipinski definition) is 4. The minimum atomic E-state index is -0.317. The summed E-state index contributed by atoms with van der Waals surface area (Å²) in [4.78, 5) is 12.0. The van der Waals surface area contributed by atoms with E-state index in [9.17, 15) is 4.79 Å². The molecule has 7 heteroatoms. The Balaban J connectivity index is 2.03. The first kappa shape index (κ1) is 17.4. The molecular weight excluding hydrogens is 386 g/mol. The molecule has 0 atom stereocenters. The zero-order valence-corrected chi connectivity index (χ0v) is 14.9. The van der Waals surface area contributed by atoms with Crippen molar-refractivity contribution in [3.8, 4) is 17.2 Å². The average Bonchev–Trinajstić information content (AvgIpc) is 2.55. The molecule has 2 aromatic rings. The van der Waals surface area contributed by atoms with E-state index in [1.807, 2.05) is 0 Å². The smallest absolute Gasteiger partial charge is 0.262 e. The Hall–Kier alpha value is -1.92. The maximum absolute atomic E-state index is 12.0. The Morgan fingerprint density at radius 3 is 2.39 bits per heavy atom. The van der Waals surface area contributed by atoms with Crippen LogP contribution in [0.15, 0.2) is 40.9 Å². The van der Waals surface area contributed by atoms with Gasteiger partial charge in [-0.25, -0.2) is 0 Å². The minimum Gasteiger partial charge on any atom is -0.495 e. The molecular formula is C16H15BrClNO4. The number of carbonyl (C=O) groups is 1. The van der Waals surface area contributed by atoms with Crippen molar-refractivity contribution in [1.29, 1.82) is 0 Å². The highest BCUT2D eigenvalue weighted by atomic mass is 79.9. The summed E-state index contributed by atoms with van der Waals surface area (Å²) in [6, 6.07) is 10.2. The number of anilines is 1. The zero-order chi connectivity index (χ0) is 16.8. The van der Waals surface area contributed by atoms with E-state index >= 15 is 0 Å². The van der Waals surface area contributed by atoms with Gasteiger partial charge < -0.3 is 19.5 Å². The predicted molar refractivity (Wildman–Crippen MR) is 92.8 cm³/mol. The van der Waals surface area contributed by atoms with Crippen molar-refractivity contribution in [2.45, 2.75) is 0 Å². The van der Waals surface area contributed by atoms with Gasteiger partial charge in [-0.2, -0.15) is 0 Å². The average molecular weight is 401 g/mol. The molecule has 0 bridgehead atoms. The number of halogens is 2. The summed E-state index contributed by atoms with van der Waals surface area (Å²) in [6.07, 6.45) is 0. The van der Waals surface area contributed by atoms with Crippen LogP contribution in [0, 0.1) is 0 Å². The van der Waals surface area contributed by atoms with Gasteiger partial charge in [0.05, 0.1) is 24.4 Å². The van der Waals surface area contributed by atoms with Crippen LogP contribution in [0.3, 0.4) is 0 Å². The van der Waals surface area contributed by atoms with Gasteiger partial charge in [0.25, 0.3) is 5.91 Å².